The number of aromatic nitrogens is 2. The van der Waals surface area contributed by atoms with Gasteiger partial charge in [-0.2, -0.15) is 0 Å². The number of carbonyl (C=O) groups excluding carboxylic acids is 2. The number of ether oxygens (including phenoxy) is 1. The zero-order valence-electron chi connectivity index (χ0n) is 23.6. The molecule has 0 bridgehead atoms. The monoisotopic (exact) mass is 623 g/mol. The lowest BCUT2D eigenvalue weighted by Crippen LogP contribution is -2.37. The van der Waals surface area contributed by atoms with Crippen molar-refractivity contribution < 1.29 is 27.5 Å². The molecule has 8 nitrogen and oxygen atoms in total. The van der Waals surface area contributed by atoms with Crippen molar-refractivity contribution >= 4 is 45.8 Å². The van der Waals surface area contributed by atoms with Gasteiger partial charge in [-0.1, -0.05) is 30.5 Å². The average Bonchev–Trinajstić information content (AvgIpc) is 3.50. The van der Waals surface area contributed by atoms with Crippen molar-refractivity contribution in [1.29, 1.82) is 0 Å². The lowest BCUT2D eigenvalue weighted by atomic mass is 10.1. The van der Waals surface area contributed by atoms with Crippen LogP contribution < -0.4 is 20.3 Å². The highest BCUT2D eigenvalue weighted by molar-refractivity contribution is 6.34. The van der Waals surface area contributed by atoms with Gasteiger partial charge in [0.1, 0.15) is 11.6 Å². The van der Waals surface area contributed by atoms with E-state index in [-0.39, 0.29) is 28.2 Å². The van der Waals surface area contributed by atoms with Gasteiger partial charge in [0.15, 0.2) is 5.82 Å². The summed E-state index contributed by atoms with van der Waals surface area (Å²) in [7, 11) is 0. The summed E-state index contributed by atoms with van der Waals surface area (Å²) in [6.07, 6.45) is 0.172. The van der Waals surface area contributed by atoms with Gasteiger partial charge < -0.3 is 20.3 Å². The number of rotatable bonds is 8. The molecule has 0 radical (unpaired) electrons. The van der Waals surface area contributed by atoms with Gasteiger partial charge in [0.2, 0.25) is 5.91 Å². The molecule has 4 aromatic rings. The van der Waals surface area contributed by atoms with Gasteiger partial charge in [0, 0.05) is 42.2 Å². The molecule has 12 heteroatoms. The van der Waals surface area contributed by atoms with Crippen LogP contribution in [0.3, 0.4) is 0 Å². The maximum atomic E-state index is 13.3. The van der Waals surface area contributed by atoms with Crippen LogP contribution in [0.2, 0.25) is 5.02 Å². The van der Waals surface area contributed by atoms with Crippen molar-refractivity contribution in [2.75, 3.05) is 23.3 Å². The van der Waals surface area contributed by atoms with E-state index in [1.165, 1.54) is 24.3 Å². The molecule has 1 aromatic heterocycles. The Balaban J connectivity index is 1.23. The predicted octanol–water partition coefficient (Wildman–Crippen LogP) is 7.12. The van der Waals surface area contributed by atoms with Crippen LogP contribution in [-0.4, -0.2) is 41.2 Å². The van der Waals surface area contributed by atoms with E-state index >= 15 is 0 Å². The first-order chi connectivity index (χ1) is 21.1. The summed E-state index contributed by atoms with van der Waals surface area (Å²) in [6.45, 7) is 1.93. The number of carbonyl (C=O) groups is 2. The standard InChI is InChI=1S/C32H29ClF3N5O3/c33-26-13-6-19(18-37-30(42)21-4-1-2-5-21)16-25(26)31(43)38-22-9-12-24-27(17-22)39-28(40-29(24)41-14-3-15-41)20-7-10-23(11-8-20)44-32(34,35)36/h6-13,16-17,21H,1-5,14-15,18H2,(H,37,42)(H,38,43). The Morgan fingerprint density at radius 2 is 1.70 bits per heavy atom. The molecule has 2 aliphatic rings. The maximum Gasteiger partial charge on any atom is 0.573 e. The maximum absolute atomic E-state index is 13.3. The molecule has 2 N–H and O–H groups in total. The van der Waals surface area contributed by atoms with Gasteiger partial charge in [-0.3, -0.25) is 9.59 Å². The van der Waals surface area contributed by atoms with Crippen molar-refractivity contribution in [3.63, 3.8) is 0 Å². The predicted molar refractivity (Wildman–Crippen MR) is 162 cm³/mol. The molecule has 1 saturated heterocycles. The Labute approximate surface area is 256 Å². The minimum absolute atomic E-state index is 0.0316. The summed E-state index contributed by atoms with van der Waals surface area (Å²) in [5, 5.41) is 6.90. The zero-order valence-corrected chi connectivity index (χ0v) is 24.3. The molecule has 0 unspecified atom stereocenters. The first-order valence-electron chi connectivity index (χ1n) is 14.4. The Morgan fingerprint density at radius 3 is 2.39 bits per heavy atom. The second-order valence-corrected chi connectivity index (χ2v) is 11.4. The van der Waals surface area contributed by atoms with Crippen molar-refractivity contribution in [3.05, 3.63) is 76.8 Å². The van der Waals surface area contributed by atoms with Crippen molar-refractivity contribution in [2.24, 2.45) is 5.92 Å². The largest absolute Gasteiger partial charge is 0.573 e. The molecule has 2 heterocycles. The summed E-state index contributed by atoms with van der Waals surface area (Å²) in [5.74, 6) is 0.359. The highest BCUT2D eigenvalue weighted by Crippen LogP contribution is 2.33. The second-order valence-electron chi connectivity index (χ2n) is 11.0. The van der Waals surface area contributed by atoms with Crippen LogP contribution in [0.15, 0.2) is 60.7 Å². The normalized spacial score (nSPS) is 15.2. The molecule has 3 aromatic carbocycles. The molecule has 6 rings (SSSR count). The van der Waals surface area contributed by atoms with E-state index in [4.69, 9.17) is 16.6 Å². The van der Waals surface area contributed by atoms with Crippen LogP contribution in [0.5, 0.6) is 5.75 Å². The number of hydrogen-bond donors (Lipinski definition) is 2. The van der Waals surface area contributed by atoms with Crippen molar-refractivity contribution in [3.8, 4) is 17.1 Å². The van der Waals surface area contributed by atoms with E-state index in [2.05, 4.69) is 25.3 Å². The average molecular weight is 624 g/mol. The van der Waals surface area contributed by atoms with Crippen LogP contribution in [0, 0.1) is 5.92 Å². The summed E-state index contributed by atoms with van der Waals surface area (Å²) >= 11 is 6.39. The number of fused-ring (bicyclic) bond motifs is 1. The van der Waals surface area contributed by atoms with Gasteiger partial charge in [0.25, 0.3) is 5.91 Å². The number of nitrogens with zero attached hydrogens (tertiary/aromatic N) is 3. The number of nitrogens with one attached hydrogen (secondary N) is 2. The molecule has 2 amide bonds. The number of amides is 2. The quantitative estimate of drug-likeness (QED) is 0.217. The van der Waals surface area contributed by atoms with Crippen LogP contribution >= 0.6 is 11.6 Å². The Bertz CT molecular complexity index is 1700. The number of alkyl halides is 3. The molecular formula is C32H29ClF3N5O3. The Hall–Kier alpha value is -4.38. The Kier molecular flexibility index (Phi) is 8.31. The summed E-state index contributed by atoms with van der Waals surface area (Å²) in [5.41, 5.74) is 2.57. The van der Waals surface area contributed by atoms with Gasteiger partial charge in [-0.05, 0) is 79.4 Å². The molecule has 1 aliphatic heterocycles. The van der Waals surface area contributed by atoms with E-state index in [9.17, 15) is 22.8 Å². The molecule has 2 fully saturated rings. The lowest BCUT2D eigenvalue weighted by Gasteiger charge is -2.33. The van der Waals surface area contributed by atoms with Crippen LogP contribution in [0.25, 0.3) is 22.3 Å². The minimum Gasteiger partial charge on any atom is -0.406 e. The van der Waals surface area contributed by atoms with Gasteiger partial charge in [0.05, 0.1) is 16.1 Å². The smallest absolute Gasteiger partial charge is 0.406 e. The first kappa shape index (κ1) is 29.7. The molecule has 0 spiro atoms. The van der Waals surface area contributed by atoms with Crippen LogP contribution in [-0.2, 0) is 11.3 Å². The van der Waals surface area contributed by atoms with Gasteiger partial charge in [-0.25, -0.2) is 9.97 Å². The molecule has 0 atom stereocenters. The van der Waals surface area contributed by atoms with E-state index in [0.717, 1.165) is 56.1 Å². The third-order valence-electron chi connectivity index (χ3n) is 7.90. The zero-order chi connectivity index (χ0) is 30.8. The number of benzene rings is 3. The topological polar surface area (TPSA) is 96.5 Å². The fourth-order valence-corrected chi connectivity index (χ4v) is 5.67. The van der Waals surface area contributed by atoms with E-state index < -0.39 is 12.3 Å². The van der Waals surface area contributed by atoms with E-state index in [1.54, 1.807) is 30.3 Å². The minimum atomic E-state index is -4.79. The molecule has 1 aliphatic carbocycles. The summed E-state index contributed by atoms with van der Waals surface area (Å²) in [6, 6.07) is 15.8. The van der Waals surface area contributed by atoms with Crippen molar-refractivity contribution in [2.45, 2.75) is 45.0 Å². The van der Waals surface area contributed by atoms with Gasteiger partial charge in [-0.15, -0.1) is 13.2 Å². The third-order valence-corrected chi connectivity index (χ3v) is 8.23. The Morgan fingerprint density at radius 1 is 0.955 bits per heavy atom. The summed E-state index contributed by atoms with van der Waals surface area (Å²) in [4.78, 5) is 37.3. The number of anilines is 2. The molecular weight excluding hydrogens is 595 g/mol. The van der Waals surface area contributed by atoms with Crippen LogP contribution in [0.4, 0.5) is 24.7 Å². The van der Waals surface area contributed by atoms with Crippen LogP contribution in [0.1, 0.15) is 48.0 Å². The summed E-state index contributed by atoms with van der Waals surface area (Å²) < 4.78 is 41.8. The molecule has 1 saturated carbocycles. The van der Waals surface area contributed by atoms with E-state index in [0.29, 0.717) is 35.0 Å². The third kappa shape index (κ3) is 6.72. The second kappa shape index (κ2) is 12.3. The number of halogens is 4. The fraction of sp³-hybridized carbons (Fsp3) is 0.312. The lowest BCUT2D eigenvalue weighted by molar-refractivity contribution is -0.274. The highest BCUT2D eigenvalue weighted by atomic mass is 35.5. The molecule has 228 valence electrons. The van der Waals surface area contributed by atoms with Crippen molar-refractivity contribution in [1.82, 2.24) is 15.3 Å². The highest BCUT2D eigenvalue weighted by Gasteiger charge is 2.31. The SMILES string of the molecule is O=C(Nc1ccc2c(N3CCC3)nc(-c3ccc(OC(F)(F)F)cc3)nc2c1)c1cc(CNC(=O)C2CCCC2)ccc1Cl. The fourth-order valence-electron chi connectivity index (χ4n) is 5.47. The number of hydrogen-bond acceptors (Lipinski definition) is 6. The first-order valence-corrected chi connectivity index (χ1v) is 14.8. The van der Waals surface area contributed by atoms with E-state index in [1.807, 2.05) is 6.07 Å². The van der Waals surface area contributed by atoms with Gasteiger partial charge >= 0.3 is 6.36 Å². The molecule has 44 heavy (non-hydrogen) atoms.